The van der Waals surface area contributed by atoms with Crippen LogP contribution in [0.1, 0.15) is 10.4 Å². The van der Waals surface area contributed by atoms with E-state index in [-0.39, 0.29) is 23.6 Å². The van der Waals surface area contributed by atoms with Gasteiger partial charge in [-0.05, 0) is 24.1 Å². The highest BCUT2D eigenvalue weighted by Crippen LogP contribution is 2.20. The van der Waals surface area contributed by atoms with Crippen LogP contribution < -0.4 is 19.5 Å². The molecule has 1 unspecified atom stereocenters. The van der Waals surface area contributed by atoms with Crippen molar-refractivity contribution in [1.82, 2.24) is 24.6 Å². The van der Waals surface area contributed by atoms with Crippen molar-refractivity contribution in [1.29, 1.82) is 0 Å². The number of nitrogens with zero attached hydrogens (tertiary/aromatic N) is 4. The predicted octanol–water partition coefficient (Wildman–Crippen LogP) is 0.575. The molecule has 1 amide bonds. The summed E-state index contributed by atoms with van der Waals surface area (Å²) in [5, 5.41) is 13.2. The zero-order chi connectivity index (χ0) is 19.1. The van der Waals surface area contributed by atoms with E-state index in [1.165, 1.54) is 25.2 Å². The van der Waals surface area contributed by atoms with Gasteiger partial charge in [0, 0.05) is 20.3 Å². The van der Waals surface area contributed by atoms with E-state index in [1.807, 2.05) is 0 Å². The van der Waals surface area contributed by atoms with Gasteiger partial charge in [0.05, 0.1) is 25.8 Å². The molecule has 0 saturated heterocycles. The van der Waals surface area contributed by atoms with Crippen molar-refractivity contribution >= 4 is 23.8 Å². The van der Waals surface area contributed by atoms with Gasteiger partial charge in [-0.25, -0.2) is 9.71 Å². The molecule has 140 valence electrons. The van der Waals surface area contributed by atoms with E-state index in [2.05, 4.69) is 25.0 Å². The molecule has 0 aliphatic carbocycles. The lowest BCUT2D eigenvalue weighted by Gasteiger charge is -2.16. The van der Waals surface area contributed by atoms with Crippen LogP contribution in [0.2, 0.25) is 0 Å². The van der Waals surface area contributed by atoms with Gasteiger partial charge in [0.15, 0.2) is 6.35 Å². The van der Waals surface area contributed by atoms with Crippen LogP contribution in [-0.2, 0) is 0 Å². The van der Waals surface area contributed by atoms with E-state index in [0.29, 0.717) is 10.6 Å². The maximum atomic E-state index is 12.2. The molecule has 2 rings (SSSR count). The molecule has 0 bridgehead atoms. The van der Waals surface area contributed by atoms with Crippen molar-refractivity contribution in [3.05, 3.63) is 30.0 Å². The number of aromatic nitrogens is 3. The molecule has 10 nitrogen and oxygen atoms in total. The van der Waals surface area contributed by atoms with Gasteiger partial charge in [-0.1, -0.05) is 0 Å². The number of methoxy groups -OCH3 is 2. The summed E-state index contributed by atoms with van der Waals surface area (Å²) in [4.78, 5) is 25.9. The molecule has 2 heterocycles. The smallest absolute Gasteiger partial charge is 0.256 e. The zero-order valence-electron chi connectivity index (χ0n) is 14.8. The van der Waals surface area contributed by atoms with Gasteiger partial charge in [0.25, 0.3) is 5.91 Å². The summed E-state index contributed by atoms with van der Waals surface area (Å²) in [5.41, 5.74) is 0.418. The molecule has 0 saturated carbocycles. The summed E-state index contributed by atoms with van der Waals surface area (Å²) in [6, 6.07) is 4.84. The van der Waals surface area contributed by atoms with Gasteiger partial charge in [0.2, 0.25) is 17.7 Å². The SMILES string of the molecule is COc1cc(OC)nc(NC(O)NSc2ncccc2C(=O)N(C)C)n1. The van der Waals surface area contributed by atoms with Gasteiger partial charge < -0.3 is 24.8 Å². The number of aliphatic hydroxyl groups is 1. The fourth-order valence-corrected chi connectivity index (χ4v) is 2.48. The zero-order valence-corrected chi connectivity index (χ0v) is 15.6. The number of pyridine rings is 1. The molecule has 0 aromatic carbocycles. The Hall–Kier alpha value is -2.63. The van der Waals surface area contributed by atoms with E-state index in [0.717, 1.165) is 11.9 Å². The number of anilines is 1. The largest absolute Gasteiger partial charge is 0.481 e. The number of aliphatic hydroxyl groups excluding tert-OH is 1. The number of amides is 1. The maximum absolute atomic E-state index is 12.2. The maximum Gasteiger partial charge on any atom is 0.256 e. The van der Waals surface area contributed by atoms with Gasteiger partial charge in [-0.3, -0.25) is 4.79 Å². The Bertz CT molecular complexity index is 738. The van der Waals surface area contributed by atoms with Crippen LogP contribution in [0.4, 0.5) is 5.95 Å². The number of carbonyl (C=O) groups excluding carboxylic acids is 1. The second kappa shape index (κ2) is 9.17. The number of hydrogen-bond acceptors (Lipinski definition) is 10. The Kier molecular flexibility index (Phi) is 6.95. The Balaban J connectivity index is 2.04. The normalized spacial score (nSPS) is 11.6. The molecule has 0 aliphatic heterocycles. The molecule has 0 spiro atoms. The molecular formula is C15H20N6O4S. The molecular weight excluding hydrogens is 360 g/mol. The molecule has 3 N–H and O–H groups in total. The van der Waals surface area contributed by atoms with E-state index >= 15 is 0 Å². The van der Waals surface area contributed by atoms with E-state index in [4.69, 9.17) is 9.47 Å². The third-order valence-corrected chi connectivity index (χ3v) is 3.90. The van der Waals surface area contributed by atoms with Crippen LogP contribution in [0.5, 0.6) is 11.8 Å². The van der Waals surface area contributed by atoms with E-state index in [1.54, 1.807) is 32.4 Å². The lowest BCUT2D eigenvalue weighted by molar-refractivity contribution is 0.0823. The summed E-state index contributed by atoms with van der Waals surface area (Å²) in [6.07, 6.45) is 0.341. The standard InChI is InChI=1S/C15H20N6O4S/c1-21(2)13(22)9-6-5-7-16-12(9)26-20-15(23)19-14-17-10(24-3)8-11(18-14)25-4/h5-8,15,20,23H,1-4H3,(H,17,18,19). The molecule has 0 fully saturated rings. The van der Waals surface area contributed by atoms with Gasteiger partial charge >= 0.3 is 0 Å². The highest BCUT2D eigenvalue weighted by molar-refractivity contribution is 7.97. The predicted molar refractivity (Wildman–Crippen MR) is 96.0 cm³/mol. The summed E-state index contributed by atoms with van der Waals surface area (Å²) >= 11 is 1.00. The lowest BCUT2D eigenvalue weighted by atomic mass is 10.2. The van der Waals surface area contributed by atoms with Gasteiger partial charge in [-0.15, -0.1) is 0 Å². The fourth-order valence-electron chi connectivity index (χ4n) is 1.82. The molecule has 11 heteroatoms. The van der Waals surface area contributed by atoms with Crippen LogP contribution >= 0.6 is 11.9 Å². The first-order valence-electron chi connectivity index (χ1n) is 7.45. The van der Waals surface area contributed by atoms with Crippen molar-refractivity contribution in [3.8, 4) is 11.8 Å². The highest BCUT2D eigenvalue weighted by atomic mass is 32.2. The topological polar surface area (TPSA) is 122 Å². The van der Waals surface area contributed by atoms with Crippen molar-refractivity contribution in [2.45, 2.75) is 11.4 Å². The van der Waals surface area contributed by atoms with E-state index < -0.39 is 6.35 Å². The molecule has 2 aromatic heterocycles. The number of nitrogens with one attached hydrogen (secondary N) is 2. The monoisotopic (exact) mass is 380 g/mol. The molecule has 1 atom stereocenters. The summed E-state index contributed by atoms with van der Waals surface area (Å²) in [6.45, 7) is 0. The van der Waals surface area contributed by atoms with Crippen LogP contribution in [0, 0.1) is 0 Å². The highest BCUT2D eigenvalue weighted by Gasteiger charge is 2.16. The van der Waals surface area contributed by atoms with Gasteiger partial charge in [-0.2, -0.15) is 9.97 Å². The average molecular weight is 380 g/mol. The summed E-state index contributed by atoms with van der Waals surface area (Å²) in [7, 11) is 6.23. The Morgan fingerprint density at radius 1 is 1.27 bits per heavy atom. The first-order valence-corrected chi connectivity index (χ1v) is 8.27. The third-order valence-electron chi connectivity index (χ3n) is 3.04. The second-order valence-electron chi connectivity index (χ2n) is 5.10. The number of ether oxygens (including phenoxy) is 2. The Morgan fingerprint density at radius 2 is 1.92 bits per heavy atom. The van der Waals surface area contributed by atoms with Crippen LogP contribution in [0.3, 0.4) is 0 Å². The molecule has 26 heavy (non-hydrogen) atoms. The first kappa shape index (κ1) is 19.7. The number of rotatable bonds is 8. The minimum absolute atomic E-state index is 0.104. The fraction of sp³-hybridized carbons (Fsp3) is 0.333. The lowest BCUT2D eigenvalue weighted by Crippen LogP contribution is -2.32. The Labute approximate surface area is 155 Å². The minimum atomic E-state index is -1.22. The molecule has 2 aromatic rings. The molecule has 0 radical (unpaired) electrons. The van der Waals surface area contributed by atoms with Crippen molar-refractivity contribution in [2.75, 3.05) is 33.6 Å². The van der Waals surface area contributed by atoms with E-state index in [9.17, 15) is 9.90 Å². The van der Waals surface area contributed by atoms with Crippen molar-refractivity contribution < 1.29 is 19.4 Å². The van der Waals surface area contributed by atoms with Crippen LogP contribution in [0.25, 0.3) is 0 Å². The second-order valence-corrected chi connectivity index (χ2v) is 5.93. The van der Waals surface area contributed by atoms with Crippen molar-refractivity contribution in [3.63, 3.8) is 0 Å². The summed E-state index contributed by atoms with van der Waals surface area (Å²) < 4.78 is 12.8. The van der Waals surface area contributed by atoms with Crippen molar-refractivity contribution in [2.24, 2.45) is 0 Å². The summed E-state index contributed by atoms with van der Waals surface area (Å²) in [5.74, 6) is 0.476. The third kappa shape index (κ3) is 5.18. The Morgan fingerprint density at radius 3 is 2.50 bits per heavy atom. The quantitative estimate of drug-likeness (QED) is 0.443. The van der Waals surface area contributed by atoms with Gasteiger partial charge in [0.1, 0.15) is 5.03 Å². The number of hydrogen-bond donors (Lipinski definition) is 3. The minimum Gasteiger partial charge on any atom is -0.481 e. The van der Waals surface area contributed by atoms with Crippen LogP contribution in [0.15, 0.2) is 29.4 Å². The average Bonchev–Trinajstić information content (AvgIpc) is 2.65. The first-order chi connectivity index (χ1) is 12.4. The molecule has 0 aliphatic rings. The van der Waals surface area contributed by atoms with Crippen LogP contribution in [-0.4, -0.2) is 65.5 Å². The number of carbonyl (C=O) groups is 1.